The summed E-state index contributed by atoms with van der Waals surface area (Å²) in [5.74, 6) is 1.10. The van der Waals surface area contributed by atoms with Crippen LogP contribution in [0.25, 0.3) is 11.5 Å². The number of aryl methyl sites for hydroxylation is 1. The van der Waals surface area contributed by atoms with Gasteiger partial charge in [-0.15, -0.1) is 10.2 Å². The maximum Gasteiger partial charge on any atom is 0.266 e. The number of nitrogens with zero attached hydrogens (tertiary/aromatic N) is 5. The quantitative estimate of drug-likeness (QED) is 0.725. The maximum atomic E-state index is 11.8. The smallest absolute Gasteiger partial charge is 0.266 e. The van der Waals surface area contributed by atoms with Gasteiger partial charge in [-0.3, -0.25) is 9.69 Å². The second-order valence-corrected chi connectivity index (χ2v) is 5.91. The van der Waals surface area contributed by atoms with Gasteiger partial charge in [0.15, 0.2) is 0 Å². The number of rotatable bonds is 3. The van der Waals surface area contributed by atoms with Crippen molar-refractivity contribution >= 4 is 0 Å². The van der Waals surface area contributed by atoms with Crippen molar-refractivity contribution in [3.63, 3.8) is 0 Å². The summed E-state index contributed by atoms with van der Waals surface area (Å²) in [6.45, 7) is 2.08. The van der Waals surface area contributed by atoms with Gasteiger partial charge in [-0.25, -0.2) is 4.68 Å². The summed E-state index contributed by atoms with van der Waals surface area (Å²) in [5.41, 5.74) is 2.80. The first-order valence-corrected chi connectivity index (χ1v) is 7.85. The van der Waals surface area contributed by atoms with Crippen molar-refractivity contribution in [2.24, 2.45) is 7.05 Å². The molecule has 3 aromatic rings. The molecule has 0 aliphatic carbocycles. The largest absolute Gasteiger partial charge is 0.419 e. The minimum absolute atomic E-state index is 0.0836. The van der Waals surface area contributed by atoms with Gasteiger partial charge in [0.1, 0.15) is 0 Å². The molecule has 0 saturated heterocycles. The lowest BCUT2D eigenvalue weighted by molar-refractivity contribution is 0.218. The lowest BCUT2D eigenvalue weighted by atomic mass is 10.1. The van der Waals surface area contributed by atoms with E-state index < -0.39 is 0 Å². The van der Waals surface area contributed by atoms with Crippen LogP contribution in [-0.4, -0.2) is 31.4 Å². The van der Waals surface area contributed by atoms with E-state index >= 15 is 0 Å². The molecule has 1 aromatic carbocycles. The van der Waals surface area contributed by atoms with E-state index in [0.717, 1.165) is 29.8 Å². The van der Waals surface area contributed by atoms with Crippen LogP contribution in [0.5, 0.6) is 0 Å². The number of benzene rings is 1. The standard InChI is InChI=1S/C17H17N5O2/c1-21-16(23)9-13-10-22(8-7-14(13)20-21)11-15-18-19-17(24-15)12-5-3-2-4-6-12/h2-6,9H,7-8,10-11H2,1H3. The summed E-state index contributed by atoms with van der Waals surface area (Å²) in [5, 5.41) is 12.6. The zero-order valence-corrected chi connectivity index (χ0v) is 13.3. The molecule has 0 saturated carbocycles. The summed E-state index contributed by atoms with van der Waals surface area (Å²) in [7, 11) is 1.68. The van der Waals surface area contributed by atoms with Crippen LogP contribution < -0.4 is 5.56 Å². The number of hydrogen-bond acceptors (Lipinski definition) is 6. The van der Waals surface area contributed by atoms with Gasteiger partial charge in [0.05, 0.1) is 12.2 Å². The van der Waals surface area contributed by atoms with E-state index in [1.165, 1.54) is 4.68 Å². The molecule has 24 heavy (non-hydrogen) atoms. The molecule has 1 aliphatic heterocycles. The van der Waals surface area contributed by atoms with Crippen molar-refractivity contribution in [2.75, 3.05) is 6.54 Å². The number of aromatic nitrogens is 4. The Bertz CT molecular complexity index is 916. The van der Waals surface area contributed by atoms with Crippen molar-refractivity contribution in [3.8, 4) is 11.5 Å². The van der Waals surface area contributed by atoms with Crippen molar-refractivity contribution in [1.82, 2.24) is 24.9 Å². The third-order valence-electron chi connectivity index (χ3n) is 4.16. The fourth-order valence-electron chi connectivity index (χ4n) is 2.89. The molecule has 0 unspecified atom stereocenters. The molecule has 2 aromatic heterocycles. The molecule has 1 aliphatic rings. The summed E-state index contributed by atoms with van der Waals surface area (Å²) >= 11 is 0. The van der Waals surface area contributed by atoms with Gasteiger partial charge < -0.3 is 4.42 Å². The monoisotopic (exact) mass is 323 g/mol. The van der Waals surface area contributed by atoms with Gasteiger partial charge in [0.2, 0.25) is 11.8 Å². The molecule has 0 fully saturated rings. The number of hydrogen-bond donors (Lipinski definition) is 0. The highest BCUT2D eigenvalue weighted by molar-refractivity contribution is 5.51. The molecule has 7 heteroatoms. The molecular formula is C17H17N5O2. The van der Waals surface area contributed by atoms with Crippen LogP contribution in [0.2, 0.25) is 0 Å². The van der Waals surface area contributed by atoms with E-state index in [1.807, 2.05) is 30.3 Å². The van der Waals surface area contributed by atoms with Crippen molar-refractivity contribution in [3.05, 3.63) is 63.9 Å². The van der Waals surface area contributed by atoms with E-state index in [2.05, 4.69) is 20.2 Å². The van der Waals surface area contributed by atoms with Gasteiger partial charge >= 0.3 is 0 Å². The Morgan fingerprint density at radius 1 is 1.21 bits per heavy atom. The van der Waals surface area contributed by atoms with Crippen LogP contribution in [-0.2, 0) is 26.6 Å². The lowest BCUT2D eigenvalue weighted by Crippen LogP contribution is -2.34. The van der Waals surface area contributed by atoms with Crippen molar-refractivity contribution in [2.45, 2.75) is 19.5 Å². The van der Waals surface area contributed by atoms with Crippen LogP contribution in [0.1, 0.15) is 17.1 Å². The fraction of sp³-hybridized carbons (Fsp3) is 0.294. The molecule has 4 rings (SSSR count). The van der Waals surface area contributed by atoms with Crippen LogP contribution in [0, 0.1) is 0 Å². The highest BCUT2D eigenvalue weighted by Gasteiger charge is 2.20. The Hall–Kier alpha value is -2.80. The fourth-order valence-corrected chi connectivity index (χ4v) is 2.89. The third kappa shape index (κ3) is 2.85. The average Bonchev–Trinajstić information content (AvgIpc) is 3.05. The molecular weight excluding hydrogens is 306 g/mol. The Morgan fingerprint density at radius 2 is 2.04 bits per heavy atom. The van der Waals surface area contributed by atoms with E-state index in [1.54, 1.807) is 13.1 Å². The van der Waals surface area contributed by atoms with Crippen molar-refractivity contribution < 1.29 is 4.42 Å². The summed E-state index contributed by atoms with van der Waals surface area (Å²) in [4.78, 5) is 13.9. The molecule has 0 N–H and O–H groups in total. The van der Waals surface area contributed by atoms with E-state index in [0.29, 0.717) is 24.9 Å². The molecule has 0 amide bonds. The van der Waals surface area contributed by atoms with Crippen LogP contribution in [0.15, 0.2) is 45.6 Å². The predicted molar refractivity (Wildman–Crippen MR) is 87.0 cm³/mol. The predicted octanol–water partition coefficient (Wildman–Crippen LogP) is 1.39. The zero-order valence-electron chi connectivity index (χ0n) is 13.3. The van der Waals surface area contributed by atoms with Gasteiger partial charge in [-0.2, -0.15) is 5.10 Å². The average molecular weight is 323 g/mol. The normalized spacial score (nSPS) is 14.5. The summed E-state index contributed by atoms with van der Waals surface area (Å²) < 4.78 is 7.15. The maximum absolute atomic E-state index is 11.8. The Morgan fingerprint density at radius 3 is 2.88 bits per heavy atom. The second kappa shape index (κ2) is 6.01. The minimum Gasteiger partial charge on any atom is -0.419 e. The summed E-state index contributed by atoms with van der Waals surface area (Å²) in [6, 6.07) is 11.4. The number of fused-ring (bicyclic) bond motifs is 1. The molecule has 0 atom stereocenters. The molecule has 122 valence electrons. The Balaban J connectivity index is 1.50. The summed E-state index contributed by atoms with van der Waals surface area (Å²) in [6.07, 6.45) is 0.809. The molecule has 0 spiro atoms. The van der Waals surface area contributed by atoms with Crippen molar-refractivity contribution in [1.29, 1.82) is 0 Å². The zero-order chi connectivity index (χ0) is 16.5. The minimum atomic E-state index is -0.0836. The first kappa shape index (κ1) is 14.8. The molecule has 7 nitrogen and oxygen atoms in total. The second-order valence-electron chi connectivity index (χ2n) is 5.91. The van der Waals surface area contributed by atoms with Crippen LogP contribution in [0.4, 0.5) is 0 Å². The van der Waals surface area contributed by atoms with E-state index in [9.17, 15) is 4.79 Å². The highest BCUT2D eigenvalue weighted by atomic mass is 16.4. The first-order chi connectivity index (χ1) is 11.7. The van der Waals surface area contributed by atoms with Crippen LogP contribution >= 0.6 is 0 Å². The van der Waals surface area contributed by atoms with E-state index in [4.69, 9.17) is 4.42 Å². The van der Waals surface area contributed by atoms with Gasteiger partial charge in [-0.1, -0.05) is 18.2 Å². The molecule has 0 bridgehead atoms. The Labute approximate surface area is 138 Å². The van der Waals surface area contributed by atoms with Gasteiger partial charge in [-0.05, 0) is 17.7 Å². The van der Waals surface area contributed by atoms with Crippen LogP contribution in [0.3, 0.4) is 0 Å². The molecule has 3 heterocycles. The van der Waals surface area contributed by atoms with Gasteiger partial charge in [0, 0.05) is 38.2 Å². The highest BCUT2D eigenvalue weighted by Crippen LogP contribution is 2.20. The molecule has 0 radical (unpaired) electrons. The topological polar surface area (TPSA) is 77.1 Å². The SMILES string of the molecule is Cn1nc2c(cc1=O)CN(Cc1nnc(-c3ccccc3)o1)CC2. The lowest BCUT2D eigenvalue weighted by Gasteiger charge is -2.26. The van der Waals surface area contributed by atoms with E-state index in [-0.39, 0.29) is 5.56 Å². The third-order valence-corrected chi connectivity index (χ3v) is 4.16. The Kier molecular flexibility index (Phi) is 3.70. The first-order valence-electron chi connectivity index (χ1n) is 7.85. The van der Waals surface area contributed by atoms with Gasteiger partial charge in [0.25, 0.3) is 5.56 Å².